The number of benzene rings is 2. The Balaban J connectivity index is 2.15. The van der Waals surface area contributed by atoms with Crippen LogP contribution in [-0.2, 0) is 11.3 Å². The molecule has 1 atom stereocenters. The van der Waals surface area contributed by atoms with Crippen LogP contribution in [0.4, 0.5) is 5.69 Å². The summed E-state index contributed by atoms with van der Waals surface area (Å²) in [6.07, 6.45) is 7.92. The lowest BCUT2D eigenvalue weighted by atomic mass is 9.87. The minimum Gasteiger partial charge on any atom is -0.378 e. The molecule has 0 radical (unpaired) electrons. The third-order valence-electron chi connectivity index (χ3n) is 6.01. The van der Waals surface area contributed by atoms with Gasteiger partial charge in [0, 0.05) is 45.4 Å². The second kappa shape index (κ2) is 13.9. The second-order valence-electron chi connectivity index (χ2n) is 10.3. The molecule has 0 saturated heterocycles. The molecule has 1 unspecified atom stereocenters. The van der Waals surface area contributed by atoms with E-state index in [9.17, 15) is 0 Å². The van der Waals surface area contributed by atoms with Crippen LogP contribution in [0.3, 0.4) is 0 Å². The number of hydrogen-bond donors (Lipinski definition) is 0. The fraction of sp³-hybridized carbons (Fsp3) is 0.419. The van der Waals surface area contributed by atoms with Gasteiger partial charge in [-0.2, -0.15) is 0 Å². The minimum absolute atomic E-state index is 0.268. The van der Waals surface area contributed by atoms with E-state index in [1.165, 1.54) is 22.4 Å². The minimum atomic E-state index is 0.268. The molecule has 0 N–H and O–H groups in total. The third-order valence-corrected chi connectivity index (χ3v) is 6.01. The van der Waals surface area contributed by atoms with Crippen molar-refractivity contribution in [2.24, 2.45) is 5.41 Å². The quantitative estimate of drug-likeness (QED) is 0.165. The Morgan fingerprint density at radius 2 is 1.68 bits per heavy atom. The normalized spacial score (nSPS) is 13.1. The van der Waals surface area contributed by atoms with Crippen LogP contribution in [0.5, 0.6) is 0 Å². The molecule has 2 aromatic carbocycles. The summed E-state index contributed by atoms with van der Waals surface area (Å²) in [4.78, 5) is 4.54. The zero-order valence-electron chi connectivity index (χ0n) is 22.0. The zero-order valence-corrected chi connectivity index (χ0v) is 22.0. The van der Waals surface area contributed by atoms with Gasteiger partial charge in [-0.3, -0.25) is 4.90 Å². The van der Waals surface area contributed by atoms with Gasteiger partial charge in [0.1, 0.15) is 0 Å². The molecule has 0 heterocycles. The second-order valence-corrected chi connectivity index (χ2v) is 10.3. The third kappa shape index (κ3) is 9.70. The summed E-state index contributed by atoms with van der Waals surface area (Å²) < 4.78 is 6.15. The van der Waals surface area contributed by atoms with E-state index >= 15 is 0 Å². The van der Waals surface area contributed by atoms with E-state index in [4.69, 9.17) is 4.74 Å². The molecule has 34 heavy (non-hydrogen) atoms. The highest BCUT2D eigenvalue weighted by atomic mass is 16.5. The molecule has 0 fully saturated rings. The lowest BCUT2D eigenvalue weighted by molar-refractivity contribution is 0.0125. The van der Waals surface area contributed by atoms with E-state index in [1.807, 2.05) is 12.2 Å². The van der Waals surface area contributed by atoms with Crippen molar-refractivity contribution in [2.45, 2.75) is 46.1 Å². The van der Waals surface area contributed by atoms with Gasteiger partial charge in [0.25, 0.3) is 0 Å². The molecule has 184 valence electrons. The predicted molar refractivity (Wildman–Crippen MR) is 148 cm³/mol. The van der Waals surface area contributed by atoms with Crippen LogP contribution >= 0.6 is 0 Å². The van der Waals surface area contributed by atoms with Crippen molar-refractivity contribution < 1.29 is 4.74 Å². The highest BCUT2D eigenvalue weighted by molar-refractivity contribution is 5.46. The van der Waals surface area contributed by atoms with Crippen LogP contribution < -0.4 is 4.90 Å². The predicted octanol–water partition coefficient (Wildman–Crippen LogP) is 7.44. The van der Waals surface area contributed by atoms with E-state index < -0.39 is 0 Å². The fourth-order valence-corrected chi connectivity index (χ4v) is 3.90. The first-order valence-electron chi connectivity index (χ1n) is 12.3. The van der Waals surface area contributed by atoms with Crippen LogP contribution in [0.2, 0.25) is 0 Å². The van der Waals surface area contributed by atoms with Gasteiger partial charge in [0.05, 0.1) is 6.73 Å². The molecule has 0 aliphatic heterocycles. The van der Waals surface area contributed by atoms with E-state index in [2.05, 4.69) is 118 Å². The Hall–Kier alpha value is -2.62. The van der Waals surface area contributed by atoms with Gasteiger partial charge in [-0.05, 0) is 47.1 Å². The summed E-state index contributed by atoms with van der Waals surface area (Å²) in [6, 6.07) is 19.5. The first-order valence-corrected chi connectivity index (χ1v) is 12.3. The van der Waals surface area contributed by atoms with E-state index in [0.29, 0.717) is 6.73 Å². The Bertz CT molecular complexity index is 891. The molecule has 0 aliphatic carbocycles. The van der Waals surface area contributed by atoms with Crippen LogP contribution in [-0.4, -0.2) is 38.9 Å². The number of nitrogens with zero attached hydrogens (tertiary/aromatic N) is 2. The lowest BCUT2D eigenvalue weighted by Crippen LogP contribution is -2.29. The van der Waals surface area contributed by atoms with E-state index in [-0.39, 0.29) is 11.3 Å². The molecule has 0 aromatic heterocycles. The molecular formula is C31H44N2O. The van der Waals surface area contributed by atoms with Crippen molar-refractivity contribution in [3.63, 3.8) is 0 Å². The molecule has 0 saturated carbocycles. The lowest BCUT2D eigenvalue weighted by Gasteiger charge is -2.27. The molecule has 2 aromatic rings. The van der Waals surface area contributed by atoms with Gasteiger partial charge in [0.15, 0.2) is 0 Å². The topological polar surface area (TPSA) is 15.7 Å². The van der Waals surface area contributed by atoms with Crippen LogP contribution in [0.1, 0.15) is 50.7 Å². The van der Waals surface area contributed by atoms with Gasteiger partial charge < -0.3 is 9.64 Å². The Labute approximate surface area is 208 Å². The summed E-state index contributed by atoms with van der Waals surface area (Å²) in [5.74, 6) is 0.268. The Morgan fingerprint density at radius 3 is 2.24 bits per heavy atom. The molecule has 2 rings (SSSR count). The molecule has 3 heteroatoms. The van der Waals surface area contributed by atoms with Crippen molar-refractivity contribution in [2.75, 3.05) is 38.9 Å². The average Bonchev–Trinajstić information content (AvgIpc) is 2.81. The smallest absolute Gasteiger partial charge is 0.0993 e. The highest BCUT2D eigenvalue weighted by Crippen LogP contribution is 2.29. The van der Waals surface area contributed by atoms with Crippen molar-refractivity contribution in [3.8, 4) is 0 Å². The van der Waals surface area contributed by atoms with Crippen molar-refractivity contribution >= 4 is 5.69 Å². The molecule has 3 nitrogen and oxygen atoms in total. The van der Waals surface area contributed by atoms with Crippen molar-refractivity contribution in [1.82, 2.24) is 4.90 Å². The van der Waals surface area contributed by atoms with E-state index in [1.54, 1.807) is 0 Å². The number of anilines is 1. The fourth-order valence-electron chi connectivity index (χ4n) is 3.90. The monoisotopic (exact) mass is 460 g/mol. The van der Waals surface area contributed by atoms with Gasteiger partial charge in [-0.1, -0.05) is 94.6 Å². The van der Waals surface area contributed by atoms with Gasteiger partial charge in [-0.15, -0.1) is 0 Å². The van der Waals surface area contributed by atoms with Gasteiger partial charge in [-0.25, -0.2) is 0 Å². The van der Waals surface area contributed by atoms with Crippen molar-refractivity contribution in [3.05, 3.63) is 103 Å². The van der Waals surface area contributed by atoms with Gasteiger partial charge >= 0.3 is 0 Å². The average molecular weight is 461 g/mol. The summed E-state index contributed by atoms with van der Waals surface area (Å²) >= 11 is 0. The Kier molecular flexibility index (Phi) is 11.3. The molecule has 0 aliphatic rings. The van der Waals surface area contributed by atoms with E-state index in [0.717, 1.165) is 32.5 Å². The largest absolute Gasteiger partial charge is 0.378 e. The molecule has 0 bridgehead atoms. The molecular weight excluding hydrogens is 416 g/mol. The number of ether oxygens (including phenoxy) is 1. The number of rotatable bonds is 14. The SMILES string of the molecule is C=C/C=C(\C=C)C(CCN(COCCC(C)(C)C)Cc1ccc(N(C)C)cc1)c1ccccc1. The first kappa shape index (κ1) is 27.6. The molecule has 0 amide bonds. The zero-order chi connectivity index (χ0) is 25.0. The van der Waals surface area contributed by atoms with Crippen LogP contribution in [0.15, 0.2) is 91.6 Å². The number of allylic oxidation sites excluding steroid dienone is 4. The van der Waals surface area contributed by atoms with Crippen LogP contribution in [0, 0.1) is 5.41 Å². The first-order chi connectivity index (χ1) is 16.2. The van der Waals surface area contributed by atoms with Gasteiger partial charge in [0.2, 0.25) is 0 Å². The summed E-state index contributed by atoms with van der Waals surface area (Å²) in [5, 5.41) is 0. The maximum absolute atomic E-state index is 6.15. The summed E-state index contributed by atoms with van der Waals surface area (Å²) in [5.41, 5.74) is 5.29. The number of hydrogen-bond acceptors (Lipinski definition) is 3. The molecule has 0 spiro atoms. The Morgan fingerprint density at radius 1 is 1.00 bits per heavy atom. The van der Waals surface area contributed by atoms with Crippen LogP contribution in [0.25, 0.3) is 0 Å². The summed E-state index contributed by atoms with van der Waals surface area (Å²) in [6.45, 7) is 17.9. The highest BCUT2D eigenvalue weighted by Gasteiger charge is 2.17. The summed E-state index contributed by atoms with van der Waals surface area (Å²) in [7, 11) is 4.14. The van der Waals surface area contributed by atoms with Crippen molar-refractivity contribution in [1.29, 1.82) is 0 Å². The maximum Gasteiger partial charge on any atom is 0.0993 e. The maximum atomic E-state index is 6.15. The standard InChI is InChI=1S/C31H44N2O/c1-8-13-27(9-2)30(28-14-11-10-12-15-28)20-22-33(25-34-23-21-31(3,4)5)24-26-16-18-29(19-17-26)32(6)7/h8-19,30H,1-2,20-25H2,3-7H3/b27-13+.